The fourth-order valence-electron chi connectivity index (χ4n) is 1.52. The number of carbonyl (C=O) groups is 1. The predicted molar refractivity (Wildman–Crippen MR) is 74.8 cm³/mol. The van der Waals surface area contributed by atoms with Crippen LogP contribution in [0, 0.1) is 0 Å². The molecule has 1 amide bonds. The van der Waals surface area contributed by atoms with E-state index in [9.17, 15) is 4.79 Å². The molecular formula is C13H16N4OS. The normalized spacial score (nSPS) is 12.1. The Morgan fingerprint density at radius 1 is 1.47 bits per heavy atom. The van der Waals surface area contributed by atoms with Gasteiger partial charge in [-0.2, -0.15) is 0 Å². The molecule has 2 aromatic heterocycles. The van der Waals surface area contributed by atoms with Gasteiger partial charge in [0.2, 0.25) is 5.91 Å². The van der Waals surface area contributed by atoms with Crippen molar-refractivity contribution in [2.24, 2.45) is 0 Å². The standard InChI is InChI=1S/C13H16N4OS/c1-11(19-12-4-2-3-5-15-12)13(18)16-7-9-17-8-6-14-10-17/h2-6,8,10-11H,7,9H2,1H3,(H,16,18)/t11-/m0/s1. The highest BCUT2D eigenvalue weighted by molar-refractivity contribution is 8.00. The molecule has 0 bridgehead atoms. The highest BCUT2D eigenvalue weighted by Crippen LogP contribution is 2.20. The third-order valence-electron chi connectivity index (χ3n) is 2.53. The van der Waals surface area contributed by atoms with E-state index >= 15 is 0 Å². The maximum atomic E-state index is 11.9. The Hall–Kier alpha value is -1.82. The zero-order chi connectivity index (χ0) is 13.5. The van der Waals surface area contributed by atoms with E-state index in [1.807, 2.05) is 35.9 Å². The Balaban J connectivity index is 1.73. The second-order valence-electron chi connectivity index (χ2n) is 4.02. The molecule has 2 heterocycles. The summed E-state index contributed by atoms with van der Waals surface area (Å²) in [7, 11) is 0. The number of rotatable bonds is 6. The summed E-state index contributed by atoms with van der Waals surface area (Å²) in [6.45, 7) is 3.21. The number of hydrogen-bond acceptors (Lipinski definition) is 4. The van der Waals surface area contributed by atoms with Gasteiger partial charge in [-0.1, -0.05) is 17.8 Å². The summed E-state index contributed by atoms with van der Waals surface area (Å²) in [5.41, 5.74) is 0. The van der Waals surface area contributed by atoms with Gasteiger partial charge in [-0.05, 0) is 19.1 Å². The summed E-state index contributed by atoms with van der Waals surface area (Å²) in [4.78, 5) is 20.0. The van der Waals surface area contributed by atoms with Crippen molar-refractivity contribution >= 4 is 17.7 Å². The third-order valence-corrected chi connectivity index (χ3v) is 3.58. The van der Waals surface area contributed by atoms with Gasteiger partial charge in [0.25, 0.3) is 0 Å². The minimum atomic E-state index is -0.155. The van der Waals surface area contributed by atoms with Crippen molar-refractivity contribution in [3.63, 3.8) is 0 Å². The molecule has 0 fully saturated rings. The number of hydrogen-bond donors (Lipinski definition) is 1. The first-order valence-electron chi connectivity index (χ1n) is 6.07. The molecule has 0 saturated carbocycles. The smallest absolute Gasteiger partial charge is 0.233 e. The van der Waals surface area contributed by atoms with Crippen molar-refractivity contribution in [3.8, 4) is 0 Å². The predicted octanol–water partition coefficient (Wildman–Crippen LogP) is 1.58. The fraction of sp³-hybridized carbons (Fsp3) is 0.308. The summed E-state index contributed by atoms with van der Waals surface area (Å²) < 4.78 is 1.93. The van der Waals surface area contributed by atoms with E-state index in [-0.39, 0.29) is 11.2 Å². The highest BCUT2D eigenvalue weighted by Gasteiger charge is 2.14. The van der Waals surface area contributed by atoms with Crippen LogP contribution >= 0.6 is 11.8 Å². The van der Waals surface area contributed by atoms with Crippen LogP contribution in [-0.4, -0.2) is 32.2 Å². The fourth-order valence-corrected chi connectivity index (χ4v) is 2.35. The van der Waals surface area contributed by atoms with E-state index < -0.39 is 0 Å². The maximum absolute atomic E-state index is 11.9. The van der Waals surface area contributed by atoms with Crippen LogP contribution in [0.25, 0.3) is 0 Å². The lowest BCUT2D eigenvalue weighted by atomic mass is 10.4. The highest BCUT2D eigenvalue weighted by atomic mass is 32.2. The molecule has 0 saturated heterocycles. The number of nitrogens with zero attached hydrogens (tertiary/aromatic N) is 3. The van der Waals surface area contributed by atoms with Crippen LogP contribution in [-0.2, 0) is 11.3 Å². The molecular weight excluding hydrogens is 260 g/mol. The van der Waals surface area contributed by atoms with Crippen LogP contribution in [0.3, 0.4) is 0 Å². The van der Waals surface area contributed by atoms with Gasteiger partial charge < -0.3 is 9.88 Å². The average Bonchev–Trinajstić information content (AvgIpc) is 2.93. The molecule has 0 spiro atoms. The van der Waals surface area contributed by atoms with Gasteiger partial charge in [0.1, 0.15) is 0 Å². The number of imidazole rings is 1. The summed E-state index contributed by atoms with van der Waals surface area (Å²) in [6, 6.07) is 5.68. The minimum Gasteiger partial charge on any atom is -0.353 e. The first kappa shape index (κ1) is 13.6. The second-order valence-corrected chi connectivity index (χ2v) is 5.38. The van der Waals surface area contributed by atoms with E-state index in [2.05, 4.69) is 15.3 Å². The van der Waals surface area contributed by atoms with E-state index in [0.29, 0.717) is 6.54 Å². The van der Waals surface area contributed by atoms with Gasteiger partial charge in [0.15, 0.2) is 0 Å². The number of amides is 1. The largest absolute Gasteiger partial charge is 0.353 e. The van der Waals surface area contributed by atoms with Crippen molar-refractivity contribution in [1.29, 1.82) is 0 Å². The van der Waals surface area contributed by atoms with Crippen molar-refractivity contribution in [2.45, 2.75) is 23.7 Å². The van der Waals surface area contributed by atoms with Crippen LogP contribution in [0.4, 0.5) is 0 Å². The molecule has 0 aliphatic heterocycles. The lowest BCUT2D eigenvalue weighted by molar-refractivity contribution is -0.120. The molecule has 0 aromatic carbocycles. The number of carbonyl (C=O) groups excluding carboxylic acids is 1. The molecule has 1 N–H and O–H groups in total. The minimum absolute atomic E-state index is 0.0239. The Morgan fingerprint density at radius 2 is 2.37 bits per heavy atom. The van der Waals surface area contributed by atoms with Gasteiger partial charge in [-0.15, -0.1) is 0 Å². The van der Waals surface area contributed by atoms with Gasteiger partial charge >= 0.3 is 0 Å². The van der Waals surface area contributed by atoms with Crippen molar-refractivity contribution in [3.05, 3.63) is 43.1 Å². The maximum Gasteiger partial charge on any atom is 0.233 e. The Morgan fingerprint density at radius 3 is 3.05 bits per heavy atom. The summed E-state index contributed by atoms with van der Waals surface area (Å²) >= 11 is 1.46. The monoisotopic (exact) mass is 276 g/mol. The number of pyridine rings is 1. The average molecular weight is 276 g/mol. The quantitative estimate of drug-likeness (QED) is 0.814. The Labute approximate surface area is 116 Å². The molecule has 0 unspecified atom stereocenters. The van der Waals surface area contributed by atoms with Crippen LogP contribution in [0.15, 0.2) is 48.1 Å². The summed E-state index contributed by atoms with van der Waals surface area (Å²) in [5.74, 6) is 0.0239. The zero-order valence-corrected chi connectivity index (χ0v) is 11.5. The molecule has 19 heavy (non-hydrogen) atoms. The number of thioether (sulfide) groups is 1. The molecule has 0 radical (unpaired) electrons. The molecule has 0 aliphatic rings. The van der Waals surface area contributed by atoms with Crippen molar-refractivity contribution in [1.82, 2.24) is 19.9 Å². The van der Waals surface area contributed by atoms with Crippen LogP contribution < -0.4 is 5.32 Å². The van der Waals surface area contributed by atoms with E-state index in [0.717, 1.165) is 11.6 Å². The van der Waals surface area contributed by atoms with Gasteiger partial charge in [0.05, 0.1) is 16.6 Å². The van der Waals surface area contributed by atoms with E-state index in [4.69, 9.17) is 0 Å². The second kappa shape index (κ2) is 6.94. The molecule has 1 atom stereocenters. The molecule has 0 aliphatic carbocycles. The molecule has 5 nitrogen and oxygen atoms in total. The third kappa shape index (κ3) is 4.40. The van der Waals surface area contributed by atoms with Crippen LogP contribution in [0.5, 0.6) is 0 Å². The molecule has 6 heteroatoms. The van der Waals surface area contributed by atoms with Crippen LogP contribution in [0.2, 0.25) is 0 Å². The van der Waals surface area contributed by atoms with Crippen molar-refractivity contribution in [2.75, 3.05) is 6.54 Å². The van der Waals surface area contributed by atoms with E-state index in [1.54, 1.807) is 18.7 Å². The van der Waals surface area contributed by atoms with Crippen LogP contribution in [0.1, 0.15) is 6.92 Å². The summed E-state index contributed by atoms with van der Waals surface area (Å²) in [5, 5.41) is 3.61. The summed E-state index contributed by atoms with van der Waals surface area (Å²) in [6.07, 6.45) is 7.06. The molecule has 2 aromatic rings. The van der Waals surface area contributed by atoms with E-state index in [1.165, 1.54) is 11.8 Å². The van der Waals surface area contributed by atoms with Gasteiger partial charge in [0, 0.05) is 31.7 Å². The lowest BCUT2D eigenvalue weighted by Gasteiger charge is -2.11. The first-order valence-corrected chi connectivity index (χ1v) is 6.95. The Kier molecular flexibility index (Phi) is 4.97. The lowest BCUT2D eigenvalue weighted by Crippen LogP contribution is -2.33. The van der Waals surface area contributed by atoms with Gasteiger partial charge in [-0.3, -0.25) is 4.79 Å². The van der Waals surface area contributed by atoms with Gasteiger partial charge in [-0.25, -0.2) is 9.97 Å². The topological polar surface area (TPSA) is 59.8 Å². The molecule has 2 rings (SSSR count). The molecule has 100 valence electrons. The first-order chi connectivity index (χ1) is 9.25. The zero-order valence-electron chi connectivity index (χ0n) is 10.7. The SMILES string of the molecule is C[C@H](Sc1ccccn1)C(=O)NCCn1ccnc1. The number of nitrogens with one attached hydrogen (secondary N) is 1. The van der Waals surface area contributed by atoms with Crippen molar-refractivity contribution < 1.29 is 4.79 Å². The number of aromatic nitrogens is 3. The Bertz CT molecular complexity index is 501.